The normalized spacial score (nSPS) is 10.3. The number of nitrogen functional groups attached to an aromatic ring is 1. The number of hydrogen-bond donors (Lipinski definition) is 1. The van der Waals surface area contributed by atoms with Gasteiger partial charge in [-0.3, -0.25) is 0 Å². The van der Waals surface area contributed by atoms with Crippen molar-refractivity contribution >= 4 is 5.69 Å². The van der Waals surface area contributed by atoms with Crippen LogP contribution in [0.1, 0.15) is 13.8 Å². The maximum absolute atomic E-state index is 13.0. The van der Waals surface area contributed by atoms with Gasteiger partial charge in [0.2, 0.25) is 5.82 Å². The van der Waals surface area contributed by atoms with E-state index >= 15 is 0 Å². The van der Waals surface area contributed by atoms with Crippen molar-refractivity contribution in [2.24, 2.45) is 0 Å². The van der Waals surface area contributed by atoms with Crippen molar-refractivity contribution in [3.05, 3.63) is 18.1 Å². The highest BCUT2D eigenvalue weighted by atomic mass is 19.1. The molecule has 3 nitrogen and oxygen atoms in total. The maximum Gasteiger partial charge on any atom is 0.252 e. The number of nitrogens with zero attached hydrogens (tertiary/aromatic N) is 1. The fraction of sp³-hybridized carbons (Fsp3) is 0.375. The molecule has 1 heterocycles. The van der Waals surface area contributed by atoms with Crippen molar-refractivity contribution in [2.45, 2.75) is 20.0 Å². The Morgan fingerprint density at radius 2 is 2.25 bits per heavy atom. The Labute approximate surface area is 70.4 Å². The number of pyridine rings is 1. The zero-order valence-electron chi connectivity index (χ0n) is 7.04. The number of hydrogen-bond acceptors (Lipinski definition) is 3. The van der Waals surface area contributed by atoms with Crippen LogP contribution in [0, 0.1) is 5.82 Å². The van der Waals surface area contributed by atoms with Crippen LogP contribution in [-0.4, -0.2) is 11.1 Å². The van der Waals surface area contributed by atoms with Crippen LogP contribution in [0.15, 0.2) is 12.3 Å². The Bertz CT molecular complexity index is 276. The minimum atomic E-state index is -0.591. The first-order valence-corrected chi connectivity index (χ1v) is 3.68. The van der Waals surface area contributed by atoms with Crippen LogP contribution >= 0.6 is 0 Å². The van der Waals surface area contributed by atoms with Crippen molar-refractivity contribution in [1.29, 1.82) is 0 Å². The van der Waals surface area contributed by atoms with E-state index in [0.29, 0.717) is 0 Å². The van der Waals surface area contributed by atoms with Crippen LogP contribution in [0.3, 0.4) is 0 Å². The molecule has 12 heavy (non-hydrogen) atoms. The summed E-state index contributed by atoms with van der Waals surface area (Å²) < 4.78 is 18.1. The van der Waals surface area contributed by atoms with Gasteiger partial charge in [-0.1, -0.05) is 0 Å². The molecule has 0 unspecified atom stereocenters. The SMILES string of the molecule is CC(C)Oc1nccc(N)c1F. The summed E-state index contributed by atoms with van der Waals surface area (Å²) in [6.45, 7) is 3.59. The molecule has 0 aromatic carbocycles. The average molecular weight is 170 g/mol. The molecule has 2 N–H and O–H groups in total. The van der Waals surface area contributed by atoms with Gasteiger partial charge in [0.25, 0.3) is 5.88 Å². The fourth-order valence-corrected chi connectivity index (χ4v) is 0.744. The third-order valence-electron chi connectivity index (χ3n) is 1.23. The predicted molar refractivity (Wildman–Crippen MR) is 44.4 cm³/mol. The van der Waals surface area contributed by atoms with Crippen LogP contribution in [0.2, 0.25) is 0 Å². The summed E-state index contributed by atoms with van der Waals surface area (Å²) in [5, 5.41) is 0. The molecule has 4 heteroatoms. The number of nitrogens with two attached hydrogens (primary N) is 1. The minimum absolute atomic E-state index is 0.0370. The van der Waals surface area contributed by atoms with E-state index in [0.717, 1.165) is 0 Å². The molecule has 0 aliphatic rings. The fourth-order valence-electron chi connectivity index (χ4n) is 0.744. The predicted octanol–water partition coefficient (Wildman–Crippen LogP) is 1.59. The van der Waals surface area contributed by atoms with Crippen LogP contribution in [0.25, 0.3) is 0 Å². The Morgan fingerprint density at radius 1 is 1.58 bits per heavy atom. The molecule has 0 bridgehead atoms. The second-order valence-electron chi connectivity index (χ2n) is 2.69. The minimum Gasteiger partial charge on any atom is -0.473 e. The molecular formula is C8H11FN2O. The monoisotopic (exact) mass is 170 g/mol. The number of aromatic nitrogens is 1. The Hall–Kier alpha value is -1.32. The van der Waals surface area contributed by atoms with E-state index in [1.54, 1.807) is 13.8 Å². The summed E-state index contributed by atoms with van der Waals surface area (Å²) in [5.41, 5.74) is 5.36. The molecule has 0 spiro atoms. The van der Waals surface area contributed by atoms with Crippen molar-refractivity contribution in [3.63, 3.8) is 0 Å². The van der Waals surface area contributed by atoms with Crippen molar-refractivity contribution in [3.8, 4) is 5.88 Å². The molecule has 0 atom stereocenters. The van der Waals surface area contributed by atoms with E-state index in [1.807, 2.05) is 0 Å². The molecule has 1 rings (SSSR count). The zero-order chi connectivity index (χ0) is 9.14. The van der Waals surface area contributed by atoms with Crippen molar-refractivity contribution in [2.75, 3.05) is 5.73 Å². The third kappa shape index (κ3) is 1.84. The van der Waals surface area contributed by atoms with Gasteiger partial charge < -0.3 is 10.5 Å². The van der Waals surface area contributed by atoms with E-state index in [2.05, 4.69) is 4.98 Å². The first-order valence-electron chi connectivity index (χ1n) is 3.68. The van der Waals surface area contributed by atoms with E-state index in [-0.39, 0.29) is 17.7 Å². The van der Waals surface area contributed by atoms with Crippen molar-refractivity contribution < 1.29 is 9.13 Å². The topological polar surface area (TPSA) is 48.1 Å². The molecule has 1 aromatic heterocycles. The molecule has 0 aliphatic carbocycles. The largest absolute Gasteiger partial charge is 0.473 e. The van der Waals surface area contributed by atoms with Crippen LogP contribution < -0.4 is 10.5 Å². The van der Waals surface area contributed by atoms with Crippen LogP contribution in [0.5, 0.6) is 5.88 Å². The molecule has 0 saturated heterocycles. The standard InChI is InChI=1S/C8H11FN2O/c1-5(2)12-8-7(9)6(10)3-4-11-8/h3-5H,1-2H3,(H2,10,11). The van der Waals surface area contributed by atoms with E-state index < -0.39 is 5.82 Å². The van der Waals surface area contributed by atoms with E-state index in [1.165, 1.54) is 12.3 Å². The summed E-state index contributed by atoms with van der Waals surface area (Å²) >= 11 is 0. The van der Waals surface area contributed by atoms with Gasteiger partial charge in [0, 0.05) is 6.20 Å². The second-order valence-corrected chi connectivity index (χ2v) is 2.69. The summed E-state index contributed by atoms with van der Waals surface area (Å²) in [6.07, 6.45) is 1.31. The number of ether oxygens (including phenoxy) is 1. The molecule has 0 aliphatic heterocycles. The first kappa shape index (κ1) is 8.77. The highest BCUT2D eigenvalue weighted by Crippen LogP contribution is 2.19. The Morgan fingerprint density at radius 3 is 2.83 bits per heavy atom. The smallest absolute Gasteiger partial charge is 0.252 e. The summed E-state index contributed by atoms with van der Waals surface area (Å²) in [5.74, 6) is -0.629. The van der Waals surface area contributed by atoms with Gasteiger partial charge in [-0.2, -0.15) is 4.39 Å². The van der Waals surface area contributed by atoms with Gasteiger partial charge in [0.1, 0.15) is 0 Å². The molecule has 0 radical (unpaired) electrons. The quantitative estimate of drug-likeness (QED) is 0.733. The Balaban J connectivity index is 2.92. The number of anilines is 1. The van der Waals surface area contributed by atoms with Crippen LogP contribution in [0.4, 0.5) is 10.1 Å². The van der Waals surface area contributed by atoms with Gasteiger partial charge in [0.05, 0.1) is 11.8 Å². The van der Waals surface area contributed by atoms with Crippen molar-refractivity contribution in [1.82, 2.24) is 4.98 Å². The Kier molecular flexibility index (Phi) is 2.47. The number of halogens is 1. The molecule has 66 valence electrons. The molecule has 1 aromatic rings. The molecule has 0 saturated carbocycles. The summed E-state index contributed by atoms with van der Waals surface area (Å²) in [4.78, 5) is 3.70. The molecular weight excluding hydrogens is 159 g/mol. The zero-order valence-corrected chi connectivity index (χ0v) is 7.04. The summed E-state index contributed by atoms with van der Waals surface area (Å²) in [6, 6.07) is 1.39. The lowest BCUT2D eigenvalue weighted by Crippen LogP contribution is -2.09. The first-order chi connectivity index (χ1) is 5.61. The second kappa shape index (κ2) is 3.38. The highest BCUT2D eigenvalue weighted by Gasteiger charge is 2.08. The lowest BCUT2D eigenvalue weighted by atomic mass is 10.4. The van der Waals surface area contributed by atoms with E-state index in [9.17, 15) is 4.39 Å². The van der Waals surface area contributed by atoms with Gasteiger partial charge in [-0.05, 0) is 19.9 Å². The van der Waals surface area contributed by atoms with E-state index in [4.69, 9.17) is 10.5 Å². The summed E-state index contributed by atoms with van der Waals surface area (Å²) in [7, 11) is 0. The van der Waals surface area contributed by atoms with Crippen LogP contribution in [-0.2, 0) is 0 Å². The third-order valence-corrected chi connectivity index (χ3v) is 1.23. The van der Waals surface area contributed by atoms with Gasteiger partial charge in [-0.25, -0.2) is 4.98 Å². The number of rotatable bonds is 2. The van der Waals surface area contributed by atoms with Gasteiger partial charge in [0.15, 0.2) is 0 Å². The highest BCUT2D eigenvalue weighted by molar-refractivity contribution is 5.41. The molecule has 0 fully saturated rings. The molecule has 0 amide bonds. The average Bonchev–Trinajstić information content (AvgIpc) is 1.98. The maximum atomic E-state index is 13.0. The lowest BCUT2D eigenvalue weighted by molar-refractivity contribution is 0.221. The lowest BCUT2D eigenvalue weighted by Gasteiger charge is -2.09. The van der Waals surface area contributed by atoms with Gasteiger partial charge >= 0.3 is 0 Å². The van der Waals surface area contributed by atoms with Gasteiger partial charge in [-0.15, -0.1) is 0 Å².